The van der Waals surface area contributed by atoms with Gasteiger partial charge in [0.2, 0.25) is 0 Å². The Hall–Kier alpha value is -12.9. The van der Waals surface area contributed by atoms with E-state index < -0.39 is 36.6 Å². The van der Waals surface area contributed by atoms with Gasteiger partial charge in [0.05, 0.1) is 55.4 Å². The summed E-state index contributed by atoms with van der Waals surface area (Å²) in [5.41, 5.74) is 11.3. The number of nitrogens with zero attached hydrogens (tertiary/aromatic N) is 7. The van der Waals surface area contributed by atoms with E-state index in [-0.39, 0.29) is 71.0 Å². The second-order valence-electron chi connectivity index (χ2n) is 36.7. The third-order valence-electron chi connectivity index (χ3n) is 27.1. The Bertz CT molecular complexity index is 5730. The van der Waals surface area contributed by atoms with Crippen molar-refractivity contribution in [1.29, 1.82) is 5.26 Å². The van der Waals surface area contributed by atoms with Crippen molar-refractivity contribution in [3.8, 4) is 11.8 Å². The van der Waals surface area contributed by atoms with Crippen molar-refractivity contribution >= 4 is 58.6 Å². The minimum absolute atomic E-state index is 0.00614. The summed E-state index contributed by atoms with van der Waals surface area (Å²) in [6, 6.07) is 105. The van der Waals surface area contributed by atoms with E-state index >= 15 is 0 Å². The number of carbonyl (C=O) groups is 6. The molecule has 0 radical (unpaired) electrons. The number of hydrogen-bond donors (Lipinski definition) is 6. The van der Waals surface area contributed by atoms with Crippen molar-refractivity contribution in [2.45, 2.75) is 121 Å². The highest BCUT2D eigenvalue weighted by Crippen LogP contribution is 2.38. The molecular formula is C117H127Cl2N7O13. The lowest BCUT2D eigenvalue weighted by atomic mass is 9.88. The Balaban J connectivity index is 0.000000141. The van der Waals surface area contributed by atoms with Crippen molar-refractivity contribution in [3.63, 3.8) is 0 Å². The van der Waals surface area contributed by atoms with Crippen LogP contribution in [0.3, 0.4) is 0 Å². The van der Waals surface area contributed by atoms with Crippen LogP contribution in [-0.4, -0.2) is 181 Å². The highest BCUT2D eigenvalue weighted by molar-refractivity contribution is 6.31. The van der Waals surface area contributed by atoms with Crippen molar-refractivity contribution in [2.75, 3.05) is 85.6 Å². The molecule has 6 N–H and O–H groups in total. The third-order valence-corrected chi connectivity index (χ3v) is 27.6. The third kappa shape index (κ3) is 29.6. The maximum atomic E-state index is 12.6. The van der Waals surface area contributed by atoms with E-state index in [4.69, 9.17) is 33.2 Å². The number of halogens is 2. The quantitative estimate of drug-likeness (QED) is 0.0439. The number of nitriles is 1. The monoisotopic (exact) mass is 1910 g/mol. The molecule has 22 heteroatoms. The van der Waals surface area contributed by atoms with Crippen LogP contribution in [0.2, 0.25) is 10.0 Å². The van der Waals surface area contributed by atoms with Gasteiger partial charge in [0.25, 0.3) is 35.4 Å². The number of hydrogen-bond acceptors (Lipinski definition) is 14. The Labute approximate surface area is 827 Å². The predicted octanol–water partition coefficient (Wildman–Crippen LogP) is 21.1. The molecule has 20 nitrogen and oxygen atoms in total. The Morgan fingerprint density at radius 3 is 0.683 bits per heavy atom. The Kier molecular flexibility index (Phi) is 39.3. The fraction of sp³-hybridized carbons (Fsp3) is 0.325. The lowest BCUT2D eigenvalue weighted by Crippen LogP contribution is -2.41. The lowest BCUT2D eigenvalue weighted by molar-refractivity contribution is 0.0394. The van der Waals surface area contributed by atoms with Gasteiger partial charge in [-0.15, -0.1) is 0 Å². The molecule has 0 spiro atoms. The molecule has 12 unspecified atom stereocenters. The maximum Gasteiger partial charge on any atom is 0.253 e. The Morgan fingerprint density at radius 2 is 0.460 bits per heavy atom. The van der Waals surface area contributed by atoms with E-state index in [2.05, 4.69) is 6.07 Å². The fourth-order valence-electron chi connectivity index (χ4n) is 19.2. The summed E-state index contributed by atoms with van der Waals surface area (Å²) in [7, 11) is 1.62. The average Bonchev–Trinajstić information content (AvgIpc) is 0.844. The molecule has 722 valence electrons. The van der Waals surface area contributed by atoms with Gasteiger partial charge in [-0.05, 0) is 239 Å². The number of aryl methyl sites for hydroxylation is 1. The largest absolute Gasteiger partial charge is 0.497 e. The van der Waals surface area contributed by atoms with E-state index in [1.807, 2.05) is 309 Å². The van der Waals surface area contributed by atoms with Crippen LogP contribution in [0.5, 0.6) is 5.75 Å². The number of methoxy groups -OCH3 is 1. The van der Waals surface area contributed by atoms with E-state index in [0.29, 0.717) is 77.1 Å². The van der Waals surface area contributed by atoms with Gasteiger partial charge in [0.1, 0.15) is 5.75 Å². The number of aliphatic hydroxyl groups excluding tert-OH is 6. The first-order valence-corrected chi connectivity index (χ1v) is 49.2. The number of piperidine rings is 6. The fourth-order valence-corrected chi connectivity index (χ4v) is 19.5. The van der Waals surface area contributed by atoms with E-state index in [0.717, 1.165) is 167 Å². The van der Waals surface area contributed by atoms with Crippen LogP contribution in [0, 0.1) is 53.8 Å². The van der Waals surface area contributed by atoms with Gasteiger partial charge >= 0.3 is 0 Å². The summed E-state index contributed by atoms with van der Waals surface area (Å²) in [6.45, 7) is 10.1. The molecule has 0 aliphatic carbocycles. The molecule has 0 bridgehead atoms. The molecule has 0 saturated carbocycles. The number of ether oxygens (including phenoxy) is 1. The number of benzene rings is 12. The summed E-state index contributed by atoms with van der Waals surface area (Å²) >= 11 is 11.8. The molecule has 6 amide bonds. The average molecular weight is 1910 g/mol. The van der Waals surface area contributed by atoms with Gasteiger partial charge < -0.3 is 64.8 Å². The number of likely N-dealkylation sites (tertiary alicyclic amines) is 6. The van der Waals surface area contributed by atoms with Gasteiger partial charge in [-0.3, -0.25) is 28.8 Å². The summed E-state index contributed by atoms with van der Waals surface area (Å²) < 4.78 is 5.16. The normalized spacial score (nSPS) is 19.2. The van der Waals surface area contributed by atoms with Crippen LogP contribution in [-0.2, 0) is 0 Å². The molecule has 12 aromatic rings. The summed E-state index contributed by atoms with van der Waals surface area (Å²) in [6.07, 6.45) is 7.75. The van der Waals surface area contributed by atoms with Gasteiger partial charge in [-0.25, -0.2) is 0 Å². The zero-order valence-corrected chi connectivity index (χ0v) is 80.6. The number of rotatable bonds is 19. The topological polar surface area (TPSA) is 276 Å². The molecule has 6 heterocycles. The zero-order chi connectivity index (χ0) is 97.9. The molecule has 12 atom stereocenters. The molecule has 139 heavy (non-hydrogen) atoms. The minimum Gasteiger partial charge on any atom is -0.497 e. The molecular weight excluding hydrogens is 1780 g/mol. The molecule has 6 fully saturated rings. The lowest BCUT2D eigenvalue weighted by Gasteiger charge is -2.35. The van der Waals surface area contributed by atoms with E-state index in [1.54, 1.807) is 67.8 Å². The summed E-state index contributed by atoms with van der Waals surface area (Å²) in [5, 5.41) is 74.0. The predicted molar refractivity (Wildman–Crippen MR) is 545 cm³/mol. The van der Waals surface area contributed by atoms with Gasteiger partial charge in [-0.2, -0.15) is 5.26 Å². The molecule has 6 saturated heterocycles. The Morgan fingerprint density at radius 1 is 0.273 bits per heavy atom. The van der Waals surface area contributed by atoms with Crippen molar-refractivity contribution in [2.24, 2.45) is 35.5 Å². The first-order chi connectivity index (χ1) is 67.6. The van der Waals surface area contributed by atoms with E-state index in [1.165, 1.54) is 5.56 Å². The van der Waals surface area contributed by atoms with Crippen LogP contribution < -0.4 is 4.74 Å². The van der Waals surface area contributed by atoms with Crippen LogP contribution in [0.25, 0.3) is 0 Å². The number of aliphatic hydroxyl groups is 6. The highest BCUT2D eigenvalue weighted by atomic mass is 35.5. The maximum absolute atomic E-state index is 12.6. The number of carbonyl (C=O) groups excluding carboxylic acids is 6. The SMILES string of the molecule is COc1ccc(C(O)C2CCCN(C(=O)c3ccccc3)C2)cc1.Cc1ccc(C(O)C2CCCN(C(=O)c3ccccc3)C2)cc1.N#Cc1ccc(C(O)C2CCCN(C(=O)c3ccccc3)C2)cc1.O=C(c1ccc(Cl)cc1)N1CCCC(C(O)c2ccccc2)C1.O=C(c1ccccc1)N1CCCC(C(O)c2ccc(Cl)cc2)C1.O=C(c1ccccc1)N1CCCC(C(O)c2ccccc2)C1. The zero-order valence-electron chi connectivity index (χ0n) is 79.1. The minimum atomic E-state index is -0.621. The second-order valence-corrected chi connectivity index (χ2v) is 37.6. The first-order valence-electron chi connectivity index (χ1n) is 48.5. The number of amides is 6. The van der Waals surface area contributed by atoms with Gasteiger partial charge in [0.15, 0.2) is 0 Å². The molecule has 18 rings (SSSR count). The van der Waals surface area contributed by atoms with Gasteiger partial charge in [-0.1, -0.05) is 241 Å². The summed E-state index contributed by atoms with van der Waals surface area (Å²) in [4.78, 5) is 86.7. The molecule has 6 aliphatic heterocycles. The van der Waals surface area contributed by atoms with E-state index in [9.17, 15) is 59.4 Å². The standard InChI is InChI=1S/C20H20N2O2.C20H23NO3.C20H23NO2.2C19H20ClNO2.C19H21NO2/c21-13-15-8-10-16(11-9-15)19(23)18-7-4-12-22(14-18)20(24)17-5-2-1-3-6-17;1-24-18-11-9-15(10-12-18)19(22)17-8-5-13-21(14-17)20(23)16-6-3-2-4-7-16;1-15-9-11-16(12-10-15)19(22)18-8-5-13-21(14-18)20(23)17-6-3-2-4-7-17;20-17-10-8-14(9-11-17)18(22)16-7-4-12-21(13-16)19(23)15-5-2-1-3-6-15;20-17-10-8-15(9-11-17)19(23)21-12-4-7-16(13-21)18(22)14-5-2-1-3-6-14;21-18(15-8-3-1-4-9-15)17-12-7-13-20(14-17)19(22)16-10-5-2-6-11-16/h1-3,5-6,8-11,18-19,23H,4,7,12,14H2;2-4,6-7,9-12,17,19,22H,5,8,13-14H2,1H3;2-4,6-7,9-12,18-19,22H,5,8,13-14H2,1H3;2*1-3,5-6,8-11,16,18,22H,4,7,12-13H2;1-6,8-11,17-18,21H,7,12-14H2. The van der Waals surface area contributed by atoms with Crippen LogP contribution in [0.1, 0.15) is 220 Å². The highest BCUT2D eigenvalue weighted by Gasteiger charge is 2.37. The smallest absolute Gasteiger partial charge is 0.253 e. The van der Waals surface area contributed by atoms with Crippen LogP contribution in [0.15, 0.2) is 334 Å². The van der Waals surface area contributed by atoms with Crippen molar-refractivity contribution < 1.29 is 64.1 Å². The van der Waals surface area contributed by atoms with Crippen LogP contribution in [0.4, 0.5) is 0 Å². The van der Waals surface area contributed by atoms with Crippen molar-refractivity contribution in [3.05, 3.63) is 422 Å². The van der Waals surface area contributed by atoms with Crippen LogP contribution >= 0.6 is 23.2 Å². The molecule has 6 aliphatic rings. The van der Waals surface area contributed by atoms with Gasteiger partial charge in [0, 0.05) is 157 Å². The molecule has 0 aromatic heterocycles. The second kappa shape index (κ2) is 52.7. The summed E-state index contributed by atoms with van der Waals surface area (Å²) in [5.74, 6) is 1.40. The van der Waals surface area contributed by atoms with Crippen molar-refractivity contribution in [1.82, 2.24) is 29.4 Å². The molecule has 12 aromatic carbocycles. The first kappa shape index (κ1) is 103.